The Labute approximate surface area is 312 Å². The van der Waals surface area contributed by atoms with Crippen molar-refractivity contribution in [2.75, 3.05) is 19.6 Å². The maximum Gasteiger partial charge on any atom is 0.262 e. The minimum absolute atomic E-state index is 0.0889. The van der Waals surface area contributed by atoms with Crippen LogP contribution in [-0.4, -0.2) is 70.3 Å². The topological polar surface area (TPSA) is 107 Å². The zero-order valence-electron chi connectivity index (χ0n) is 28.3. The Kier molecular flexibility index (Phi) is 11.8. The molecule has 0 spiro atoms. The van der Waals surface area contributed by atoms with Gasteiger partial charge in [-0.3, -0.25) is 24.1 Å². The van der Waals surface area contributed by atoms with Crippen molar-refractivity contribution in [1.29, 1.82) is 0 Å². The van der Waals surface area contributed by atoms with Crippen LogP contribution in [-0.2, 0) is 28.9 Å². The van der Waals surface area contributed by atoms with Crippen molar-refractivity contribution in [2.24, 2.45) is 0 Å². The summed E-state index contributed by atoms with van der Waals surface area (Å²) in [4.78, 5) is 55.8. The maximum atomic E-state index is 14.0. The van der Waals surface area contributed by atoms with Crippen LogP contribution >= 0.6 is 23.2 Å². The third kappa shape index (κ3) is 8.95. The normalized spacial score (nSPS) is 13.4. The van der Waals surface area contributed by atoms with Crippen molar-refractivity contribution in [2.45, 2.75) is 31.4 Å². The number of nitrogens with zero attached hydrogens (tertiary/aromatic N) is 2. The number of benzene rings is 5. The number of aliphatic hydroxyl groups is 1. The van der Waals surface area contributed by atoms with Crippen LogP contribution in [0.1, 0.15) is 37.4 Å². The van der Waals surface area contributed by atoms with Gasteiger partial charge in [-0.1, -0.05) is 126 Å². The number of fused-ring (bicyclic) bond motifs is 1. The summed E-state index contributed by atoms with van der Waals surface area (Å²) in [5, 5.41) is 15.6. The van der Waals surface area contributed by atoms with Gasteiger partial charge in [0.05, 0.1) is 29.7 Å². The summed E-state index contributed by atoms with van der Waals surface area (Å²) in [5.74, 6) is -1.93. The highest BCUT2D eigenvalue weighted by Gasteiger charge is 2.37. The number of nitrogens with one attached hydrogen (secondary N) is 1. The number of halogens is 2. The molecule has 0 aromatic heterocycles. The molecule has 8 nitrogen and oxygen atoms in total. The molecular weight excluding hydrogens is 697 g/mol. The van der Waals surface area contributed by atoms with Crippen molar-refractivity contribution in [3.63, 3.8) is 0 Å². The van der Waals surface area contributed by atoms with E-state index < -0.39 is 36.4 Å². The fourth-order valence-corrected chi connectivity index (χ4v) is 6.82. The standard InChI is InChI=1S/C42H37Cl2N3O5/c43-33-20-19-32(36(44)25-33)21-22-46(40(50)24-29-15-17-31(18-16-29)30-11-5-2-6-12-30)26-38(48)37(23-28-9-3-1-4-10-28)45-39(49)27-47-41(51)34-13-7-8-14-35(34)42(47)52/h1-20,25,37-38,48H,21-24,26-27H2,(H,45,49)/t37-,38-/m0/s1. The quantitative estimate of drug-likeness (QED) is 0.124. The molecule has 1 aliphatic rings. The Bertz CT molecular complexity index is 2020. The Hall–Kier alpha value is -5.28. The molecule has 52 heavy (non-hydrogen) atoms. The highest BCUT2D eigenvalue weighted by molar-refractivity contribution is 6.35. The lowest BCUT2D eigenvalue weighted by Gasteiger charge is -2.31. The van der Waals surface area contributed by atoms with E-state index in [0.717, 1.165) is 32.7 Å². The molecule has 5 aromatic carbocycles. The molecule has 264 valence electrons. The SMILES string of the molecule is O=C(CN1C(=O)c2ccccc2C1=O)N[C@@H](Cc1ccccc1)[C@@H](O)CN(CCc1ccc(Cl)cc1Cl)C(=O)Cc1ccc(-c2ccccc2)cc1. The van der Waals surface area contributed by atoms with Gasteiger partial charge in [-0.25, -0.2) is 0 Å². The highest BCUT2D eigenvalue weighted by Crippen LogP contribution is 2.24. The van der Waals surface area contributed by atoms with Crippen LogP contribution < -0.4 is 5.32 Å². The zero-order chi connectivity index (χ0) is 36.6. The molecule has 0 saturated heterocycles. The molecular formula is C42H37Cl2N3O5. The molecule has 0 aliphatic carbocycles. The van der Waals surface area contributed by atoms with Gasteiger partial charge in [-0.2, -0.15) is 0 Å². The predicted octanol–water partition coefficient (Wildman–Crippen LogP) is 6.66. The second-order valence-corrected chi connectivity index (χ2v) is 13.6. The summed E-state index contributed by atoms with van der Waals surface area (Å²) < 4.78 is 0. The highest BCUT2D eigenvalue weighted by atomic mass is 35.5. The lowest BCUT2D eigenvalue weighted by atomic mass is 9.99. The van der Waals surface area contributed by atoms with Crippen LogP contribution in [0.25, 0.3) is 11.1 Å². The number of hydrogen-bond donors (Lipinski definition) is 2. The Morgan fingerprint density at radius 3 is 1.96 bits per heavy atom. The first-order chi connectivity index (χ1) is 25.2. The molecule has 0 unspecified atom stereocenters. The summed E-state index contributed by atoms with van der Waals surface area (Å²) in [5.41, 5.74) is 5.03. The molecule has 0 saturated carbocycles. The average Bonchev–Trinajstić information content (AvgIpc) is 3.39. The smallest absolute Gasteiger partial charge is 0.262 e. The number of carbonyl (C=O) groups is 4. The van der Waals surface area contributed by atoms with Crippen LogP contribution in [0.15, 0.2) is 127 Å². The van der Waals surface area contributed by atoms with E-state index in [4.69, 9.17) is 23.2 Å². The molecule has 2 atom stereocenters. The number of rotatable bonds is 14. The van der Waals surface area contributed by atoms with E-state index in [1.807, 2.05) is 91.0 Å². The summed E-state index contributed by atoms with van der Waals surface area (Å²) in [6, 6.07) is 37.8. The number of imide groups is 1. The van der Waals surface area contributed by atoms with Gasteiger partial charge < -0.3 is 15.3 Å². The minimum atomic E-state index is -1.21. The first-order valence-electron chi connectivity index (χ1n) is 17.0. The average molecular weight is 735 g/mol. The van der Waals surface area contributed by atoms with E-state index in [2.05, 4.69) is 5.32 Å². The molecule has 0 bridgehead atoms. The van der Waals surface area contributed by atoms with Gasteiger partial charge in [0.15, 0.2) is 0 Å². The molecule has 0 radical (unpaired) electrons. The molecule has 10 heteroatoms. The number of hydrogen-bond acceptors (Lipinski definition) is 5. The fraction of sp³-hybridized carbons (Fsp3) is 0.190. The number of amides is 4. The van der Waals surface area contributed by atoms with Crippen molar-refractivity contribution < 1.29 is 24.3 Å². The van der Waals surface area contributed by atoms with Crippen LogP contribution in [0.5, 0.6) is 0 Å². The number of carbonyl (C=O) groups excluding carboxylic acids is 4. The summed E-state index contributed by atoms with van der Waals surface area (Å²) in [6.45, 7) is -0.377. The van der Waals surface area contributed by atoms with Gasteiger partial charge in [-0.05, 0) is 64.9 Å². The molecule has 1 heterocycles. The summed E-state index contributed by atoms with van der Waals surface area (Å²) in [7, 11) is 0. The van der Waals surface area contributed by atoms with Crippen molar-refractivity contribution in [3.8, 4) is 11.1 Å². The van der Waals surface area contributed by atoms with E-state index >= 15 is 0 Å². The Morgan fingerprint density at radius 1 is 0.731 bits per heavy atom. The lowest BCUT2D eigenvalue weighted by molar-refractivity contribution is -0.132. The van der Waals surface area contributed by atoms with Gasteiger partial charge in [0.1, 0.15) is 6.54 Å². The Morgan fingerprint density at radius 2 is 1.33 bits per heavy atom. The monoisotopic (exact) mass is 733 g/mol. The van der Waals surface area contributed by atoms with E-state index in [1.54, 1.807) is 41.3 Å². The molecule has 2 N–H and O–H groups in total. The largest absolute Gasteiger partial charge is 0.389 e. The molecule has 5 aromatic rings. The van der Waals surface area contributed by atoms with E-state index in [9.17, 15) is 24.3 Å². The van der Waals surface area contributed by atoms with Crippen LogP contribution in [0.3, 0.4) is 0 Å². The van der Waals surface area contributed by atoms with E-state index in [0.29, 0.717) is 16.5 Å². The molecule has 1 aliphatic heterocycles. The van der Waals surface area contributed by atoms with Gasteiger partial charge >= 0.3 is 0 Å². The van der Waals surface area contributed by atoms with E-state index in [-0.39, 0.29) is 43.0 Å². The van der Waals surface area contributed by atoms with Crippen LogP contribution in [0.4, 0.5) is 0 Å². The molecule has 4 amide bonds. The molecule has 0 fully saturated rings. The molecule has 6 rings (SSSR count). The second kappa shape index (κ2) is 16.8. The first-order valence-corrected chi connectivity index (χ1v) is 17.7. The van der Waals surface area contributed by atoms with Crippen LogP contribution in [0.2, 0.25) is 10.0 Å². The van der Waals surface area contributed by atoms with Gasteiger partial charge in [0, 0.05) is 23.1 Å². The fourth-order valence-electron chi connectivity index (χ4n) is 6.31. The van der Waals surface area contributed by atoms with Crippen molar-refractivity contribution in [1.82, 2.24) is 15.1 Å². The van der Waals surface area contributed by atoms with Gasteiger partial charge in [-0.15, -0.1) is 0 Å². The third-order valence-corrected chi connectivity index (χ3v) is 9.72. The third-order valence-electron chi connectivity index (χ3n) is 9.13. The maximum absolute atomic E-state index is 14.0. The zero-order valence-corrected chi connectivity index (χ0v) is 29.8. The van der Waals surface area contributed by atoms with Crippen molar-refractivity contribution in [3.05, 3.63) is 165 Å². The summed E-state index contributed by atoms with van der Waals surface area (Å²) >= 11 is 12.6. The Balaban J connectivity index is 1.20. The summed E-state index contributed by atoms with van der Waals surface area (Å²) in [6.07, 6.45) is -0.485. The first kappa shape index (κ1) is 36.5. The van der Waals surface area contributed by atoms with Crippen molar-refractivity contribution >= 4 is 46.8 Å². The van der Waals surface area contributed by atoms with E-state index in [1.165, 1.54) is 0 Å². The lowest BCUT2D eigenvalue weighted by Crippen LogP contribution is -2.53. The second-order valence-electron chi connectivity index (χ2n) is 12.7. The van der Waals surface area contributed by atoms with Gasteiger partial charge in [0.2, 0.25) is 11.8 Å². The predicted molar refractivity (Wildman–Crippen MR) is 202 cm³/mol. The number of aliphatic hydroxyl groups excluding tert-OH is 1. The van der Waals surface area contributed by atoms with Crippen LogP contribution in [0, 0.1) is 0 Å². The minimum Gasteiger partial charge on any atom is -0.389 e. The van der Waals surface area contributed by atoms with Gasteiger partial charge in [0.25, 0.3) is 11.8 Å².